The van der Waals surface area contributed by atoms with E-state index in [2.05, 4.69) is 25.5 Å². The third-order valence-electron chi connectivity index (χ3n) is 4.95. The Morgan fingerprint density at radius 2 is 1.94 bits per heavy atom. The minimum absolute atomic E-state index is 0.0507. The zero-order valence-corrected chi connectivity index (χ0v) is 20.4. The molecule has 4 rings (SSSR count). The first-order valence-electron chi connectivity index (χ1n) is 10.0. The molecule has 0 aliphatic carbocycles. The van der Waals surface area contributed by atoms with Gasteiger partial charge in [0, 0.05) is 19.3 Å². The number of urea groups is 1. The monoisotopic (exact) mass is 507 g/mol. The largest absolute Gasteiger partial charge is 0.378 e. The van der Waals surface area contributed by atoms with Gasteiger partial charge in [-0.1, -0.05) is 29.0 Å². The molecule has 1 aromatic carbocycles. The quantitative estimate of drug-likeness (QED) is 0.535. The molecule has 33 heavy (non-hydrogen) atoms. The van der Waals surface area contributed by atoms with Crippen molar-refractivity contribution in [2.45, 2.75) is 11.8 Å². The minimum atomic E-state index is -3.48. The molecule has 0 spiro atoms. The molecule has 2 aromatic heterocycles. The number of hydrogen-bond acceptors (Lipinski definition) is 8. The number of aryl methyl sites for hydroxylation is 1. The highest BCUT2D eigenvalue weighted by atomic mass is 35.5. The topological polar surface area (TPSA) is 114 Å². The molecule has 174 valence electrons. The number of nitrogens with zero attached hydrogens (tertiary/aromatic N) is 3. The average Bonchev–Trinajstić information content (AvgIpc) is 3.14. The molecule has 1 aliphatic heterocycles. The number of pyridine rings is 1. The van der Waals surface area contributed by atoms with Crippen molar-refractivity contribution in [2.24, 2.45) is 0 Å². The van der Waals surface area contributed by atoms with Crippen LogP contribution >= 0.6 is 22.9 Å². The molecule has 0 radical (unpaired) electrons. The van der Waals surface area contributed by atoms with E-state index in [-0.39, 0.29) is 9.92 Å². The first kappa shape index (κ1) is 23.4. The fourth-order valence-electron chi connectivity index (χ4n) is 3.35. The molecular formula is C21H22ClN5O4S2. The second-order valence-corrected chi connectivity index (χ2v) is 10.8. The number of benzene rings is 1. The van der Waals surface area contributed by atoms with Gasteiger partial charge in [0.05, 0.1) is 45.6 Å². The predicted molar refractivity (Wildman–Crippen MR) is 130 cm³/mol. The Hall–Kier alpha value is -2.73. The highest BCUT2D eigenvalue weighted by molar-refractivity contribution is 7.90. The van der Waals surface area contributed by atoms with E-state index in [0.29, 0.717) is 35.3 Å². The molecule has 2 amide bonds. The Bertz CT molecular complexity index is 1270. The zero-order valence-electron chi connectivity index (χ0n) is 18.0. The molecule has 1 fully saturated rings. The van der Waals surface area contributed by atoms with Gasteiger partial charge in [0.1, 0.15) is 5.82 Å². The van der Waals surface area contributed by atoms with Gasteiger partial charge in [0.25, 0.3) is 0 Å². The van der Waals surface area contributed by atoms with E-state index < -0.39 is 15.9 Å². The second kappa shape index (κ2) is 9.64. The van der Waals surface area contributed by atoms with E-state index in [1.165, 1.54) is 17.4 Å². The number of aromatic nitrogens is 2. The van der Waals surface area contributed by atoms with Crippen molar-refractivity contribution >= 4 is 55.4 Å². The summed E-state index contributed by atoms with van der Waals surface area (Å²) in [7, 11) is -3.48. The van der Waals surface area contributed by atoms with Crippen molar-refractivity contribution in [3.63, 3.8) is 0 Å². The van der Waals surface area contributed by atoms with Crippen LogP contribution in [0.1, 0.15) is 5.69 Å². The second-order valence-electron chi connectivity index (χ2n) is 7.43. The van der Waals surface area contributed by atoms with Gasteiger partial charge in [0.2, 0.25) is 0 Å². The lowest BCUT2D eigenvalue weighted by Gasteiger charge is -2.27. The number of carbonyl (C=O) groups is 1. The normalized spacial score (nSPS) is 14.2. The zero-order chi connectivity index (χ0) is 23.6. The fraction of sp³-hybridized carbons (Fsp3) is 0.286. The SMILES string of the molecule is Cc1nc(NC(=O)Nc2ccc(N3CCOCC3)nc2)sc1-c1ccc(Cl)c(S(C)(=O)=O)c1. The predicted octanol–water partition coefficient (Wildman–Crippen LogP) is 4.05. The summed E-state index contributed by atoms with van der Waals surface area (Å²) in [6.07, 6.45) is 2.71. The van der Waals surface area contributed by atoms with Gasteiger partial charge in [-0.3, -0.25) is 5.32 Å². The van der Waals surface area contributed by atoms with Gasteiger partial charge in [-0.25, -0.2) is 23.2 Å². The van der Waals surface area contributed by atoms with Crippen molar-refractivity contribution in [1.29, 1.82) is 0 Å². The summed E-state index contributed by atoms with van der Waals surface area (Å²) in [5.74, 6) is 0.834. The minimum Gasteiger partial charge on any atom is -0.378 e. The summed E-state index contributed by atoms with van der Waals surface area (Å²) in [5.41, 5.74) is 1.87. The van der Waals surface area contributed by atoms with Crippen LogP contribution in [0.4, 0.5) is 21.4 Å². The number of anilines is 3. The van der Waals surface area contributed by atoms with Crippen LogP contribution in [0.3, 0.4) is 0 Å². The number of thiazole rings is 1. The van der Waals surface area contributed by atoms with Crippen LogP contribution in [0.2, 0.25) is 5.02 Å². The Morgan fingerprint density at radius 1 is 1.18 bits per heavy atom. The number of nitrogens with one attached hydrogen (secondary N) is 2. The summed E-state index contributed by atoms with van der Waals surface area (Å²) < 4.78 is 29.3. The summed E-state index contributed by atoms with van der Waals surface area (Å²) in [4.78, 5) is 24.2. The number of rotatable bonds is 5. The third-order valence-corrected chi connectivity index (χ3v) is 7.65. The van der Waals surface area contributed by atoms with Gasteiger partial charge in [-0.15, -0.1) is 0 Å². The van der Waals surface area contributed by atoms with Crippen LogP contribution < -0.4 is 15.5 Å². The summed E-state index contributed by atoms with van der Waals surface area (Å²) in [6, 6.07) is 7.97. The smallest absolute Gasteiger partial charge is 0.325 e. The van der Waals surface area contributed by atoms with Gasteiger partial charge < -0.3 is 15.0 Å². The summed E-state index contributed by atoms with van der Waals surface area (Å²) in [6.45, 7) is 4.70. The Kier molecular flexibility index (Phi) is 6.84. The van der Waals surface area contributed by atoms with Crippen LogP contribution in [0.15, 0.2) is 41.4 Å². The van der Waals surface area contributed by atoms with Crippen molar-refractivity contribution in [2.75, 3.05) is 48.1 Å². The first-order chi connectivity index (χ1) is 15.7. The maximum Gasteiger partial charge on any atom is 0.325 e. The highest BCUT2D eigenvalue weighted by Gasteiger charge is 2.18. The van der Waals surface area contributed by atoms with Crippen molar-refractivity contribution in [1.82, 2.24) is 9.97 Å². The molecule has 0 atom stereocenters. The molecule has 9 nitrogen and oxygen atoms in total. The van der Waals surface area contributed by atoms with Crippen LogP contribution in [0.5, 0.6) is 0 Å². The molecule has 0 saturated carbocycles. The molecule has 0 unspecified atom stereocenters. The van der Waals surface area contributed by atoms with Gasteiger partial charge in [-0.05, 0) is 36.8 Å². The number of sulfone groups is 1. The van der Waals surface area contributed by atoms with Crippen LogP contribution in [-0.2, 0) is 14.6 Å². The standard InChI is InChI=1S/C21H22ClN5O4S2/c1-13-19(14-3-5-16(22)17(11-14)33(2,29)30)32-21(24-13)26-20(28)25-15-4-6-18(23-12-15)27-7-9-31-10-8-27/h3-6,11-12H,7-10H2,1-2H3,(H2,24,25,26,28). The third kappa shape index (κ3) is 5.61. The van der Waals surface area contributed by atoms with Crippen LogP contribution in [-0.4, -0.2) is 57.0 Å². The maximum absolute atomic E-state index is 12.4. The Labute approximate surface area is 200 Å². The molecule has 1 saturated heterocycles. The number of hydrogen-bond donors (Lipinski definition) is 2. The van der Waals surface area contributed by atoms with Crippen molar-refractivity contribution in [3.8, 4) is 10.4 Å². The van der Waals surface area contributed by atoms with E-state index in [9.17, 15) is 13.2 Å². The van der Waals surface area contributed by atoms with E-state index >= 15 is 0 Å². The molecular weight excluding hydrogens is 486 g/mol. The number of ether oxygens (including phenoxy) is 1. The lowest BCUT2D eigenvalue weighted by molar-refractivity contribution is 0.122. The van der Waals surface area contributed by atoms with Crippen molar-refractivity contribution in [3.05, 3.63) is 47.2 Å². The molecule has 0 bridgehead atoms. The molecule has 2 N–H and O–H groups in total. The molecule has 3 aromatic rings. The first-order valence-corrected chi connectivity index (χ1v) is 13.1. The lowest BCUT2D eigenvalue weighted by atomic mass is 10.2. The van der Waals surface area contributed by atoms with Crippen LogP contribution in [0, 0.1) is 6.92 Å². The number of amides is 2. The van der Waals surface area contributed by atoms with E-state index in [1.54, 1.807) is 31.3 Å². The van der Waals surface area contributed by atoms with Gasteiger partial charge in [0.15, 0.2) is 15.0 Å². The highest BCUT2D eigenvalue weighted by Crippen LogP contribution is 2.35. The summed E-state index contributed by atoms with van der Waals surface area (Å²) >= 11 is 7.29. The Balaban J connectivity index is 1.44. The van der Waals surface area contributed by atoms with E-state index in [1.807, 2.05) is 6.07 Å². The fourth-order valence-corrected chi connectivity index (χ4v) is 5.60. The van der Waals surface area contributed by atoms with E-state index in [4.69, 9.17) is 16.3 Å². The maximum atomic E-state index is 12.4. The van der Waals surface area contributed by atoms with Crippen molar-refractivity contribution < 1.29 is 17.9 Å². The summed E-state index contributed by atoms with van der Waals surface area (Å²) in [5, 5.41) is 6.00. The van der Waals surface area contributed by atoms with Gasteiger partial charge >= 0.3 is 6.03 Å². The number of morpholine rings is 1. The average molecular weight is 508 g/mol. The molecule has 1 aliphatic rings. The van der Waals surface area contributed by atoms with Gasteiger partial charge in [-0.2, -0.15) is 0 Å². The Morgan fingerprint density at radius 3 is 2.61 bits per heavy atom. The lowest BCUT2D eigenvalue weighted by Crippen LogP contribution is -2.36. The van der Waals surface area contributed by atoms with Crippen LogP contribution in [0.25, 0.3) is 10.4 Å². The molecule has 12 heteroatoms. The molecule has 3 heterocycles. The number of carbonyl (C=O) groups excluding carboxylic acids is 1. The van der Waals surface area contributed by atoms with E-state index in [0.717, 1.165) is 30.0 Å². The number of halogens is 1.